The largest absolute Gasteiger partial charge is 0.496 e. The Bertz CT molecular complexity index is 910. The summed E-state index contributed by atoms with van der Waals surface area (Å²) in [6, 6.07) is 2.70. The first-order valence-corrected chi connectivity index (χ1v) is 10.4. The number of likely N-dealkylation sites (tertiary alicyclic amines) is 1. The molecule has 2 aliphatic rings. The number of amides is 1. The van der Waals surface area contributed by atoms with Gasteiger partial charge in [0.25, 0.3) is 0 Å². The number of benzene rings is 1. The van der Waals surface area contributed by atoms with Crippen LogP contribution in [0, 0.1) is 5.41 Å². The molecule has 9 heteroatoms. The number of ether oxygens (including phenoxy) is 3. The maximum Gasteiger partial charge on any atom is 0.328 e. The first kappa shape index (κ1) is 23.2. The molecule has 0 bridgehead atoms. The van der Waals surface area contributed by atoms with Crippen LogP contribution in [0.2, 0.25) is 5.02 Å². The number of rotatable bonds is 5. The van der Waals surface area contributed by atoms with Crippen LogP contribution in [-0.4, -0.2) is 62.0 Å². The molecule has 0 N–H and O–H groups in total. The molecule has 3 rings (SSSR count). The van der Waals surface area contributed by atoms with Gasteiger partial charge in [-0.3, -0.25) is 4.79 Å². The van der Waals surface area contributed by atoms with Crippen molar-refractivity contribution >= 4 is 29.2 Å². The highest BCUT2D eigenvalue weighted by Crippen LogP contribution is 2.42. The van der Waals surface area contributed by atoms with Crippen molar-refractivity contribution in [1.82, 2.24) is 4.90 Å². The number of carbonyl (C=O) groups excluding carboxylic acids is 2. The highest BCUT2D eigenvalue weighted by Gasteiger charge is 2.54. The van der Waals surface area contributed by atoms with E-state index in [2.05, 4.69) is 5.16 Å². The lowest BCUT2D eigenvalue weighted by Crippen LogP contribution is -2.43. The topological polar surface area (TPSA) is 86.7 Å². The Balaban J connectivity index is 1.86. The fourth-order valence-corrected chi connectivity index (χ4v) is 4.30. The van der Waals surface area contributed by atoms with Crippen molar-refractivity contribution in [3.05, 3.63) is 22.7 Å². The van der Waals surface area contributed by atoms with Crippen LogP contribution in [0.4, 0.5) is 0 Å². The van der Waals surface area contributed by atoms with Crippen molar-refractivity contribution in [2.45, 2.75) is 51.7 Å². The SMILES string of the molecule is COC(=O)[C@@H]1C[C@]2(CC(c3cc(Cl)c(OC)cc3OC)=NO2)CN1C(=O)CC(C)(C)C. The lowest BCUT2D eigenvalue weighted by atomic mass is 9.91. The van der Waals surface area contributed by atoms with Crippen LogP contribution in [0.3, 0.4) is 0 Å². The van der Waals surface area contributed by atoms with Gasteiger partial charge in [-0.05, 0) is 11.5 Å². The van der Waals surface area contributed by atoms with Crippen molar-refractivity contribution < 1.29 is 28.6 Å². The molecule has 0 radical (unpaired) electrons. The van der Waals surface area contributed by atoms with Gasteiger partial charge in [0.05, 0.1) is 38.6 Å². The molecule has 0 aromatic heterocycles. The minimum absolute atomic E-state index is 0.109. The Kier molecular flexibility index (Phi) is 6.41. The van der Waals surface area contributed by atoms with Crippen LogP contribution in [0.5, 0.6) is 11.5 Å². The van der Waals surface area contributed by atoms with Gasteiger partial charge < -0.3 is 23.9 Å². The van der Waals surface area contributed by atoms with E-state index in [4.69, 9.17) is 30.6 Å². The zero-order chi connectivity index (χ0) is 23.0. The zero-order valence-corrected chi connectivity index (χ0v) is 19.5. The van der Waals surface area contributed by atoms with Gasteiger partial charge >= 0.3 is 5.97 Å². The van der Waals surface area contributed by atoms with Gasteiger partial charge in [-0.2, -0.15) is 0 Å². The van der Waals surface area contributed by atoms with Crippen molar-refractivity contribution in [3.63, 3.8) is 0 Å². The van der Waals surface area contributed by atoms with E-state index in [0.717, 1.165) is 0 Å². The normalized spacial score (nSPS) is 22.9. The van der Waals surface area contributed by atoms with Crippen molar-refractivity contribution in [1.29, 1.82) is 0 Å². The van der Waals surface area contributed by atoms with E-state index >= 15 is 0 Å². The number of hydrogen-bond donors (Lipinski definition) is 0. The highest BCUT2D eigenvalue weighted by molar-refractivity contribution is 6.32. The second-order valence-electron chi connectivity index (χ2n) is 9.18. The molecule has 1 saturated heterocycles. The summed E-state index contributed by atoms with van der Waals surface area (Å²) < 4.78 is 15.7. The molecular weight excluding hydrogens is 424 g/mol. The molecule has 8 nitrogen and oxygen atoms in total. The van der Waals surface area contributed by atoms with E-state index in [-0.39, 0.29) is 17.9 Å². The summed E-state index contributed by atoms with van der Waals surface area (Å²) >= 11 is 6.31. The molecule has 2 aliphatic heterocycles. The molecule has 1 fully saturated rings. The lowest BCUT2D eigenvalue weighted by Gasteiger charge is -2.27. The molecule has 1 aromatic rings. The molecule has 31 heavy (non-hydrogen) atoms. The van der Waals surface area contributed by atoms with Gasteiger partial charge in [0.2, 0.25) is 5.91 Å². The molecule has 1 aromatic carbocycles. The predicted octanol–water partition coefficient (Wildman–Crippen LogP) is 3.43. The molecule has 2 heterocycles. The molecule has 0 saturated carbocycles. The number of oxime groups is 1. The molecule has 0 unspecified atom stereocenters. The van der Waals surface area contributed by atoms with Gasteiger partial charge in [-0.25, -0.2) is 4.79 Å². The number of methoxy groups -OCH3 is 3. The quantitative estimate of drug-likeness (QED) is 0.636. The third-order valence-electron chi connectivity index (χ3n) is 5.50. The molecule has 0 aliphatic carbocycles. The maximum atomic E-state index is 13.0. The summed E-state index contributed by atoms with van der Waals surface area (Å²) in [7, 11) is 4.40. The van der Waals surface area contributed by atoms with Crippen LogP contribution >= 0.6 is 11.6 Å². The Labute approximate surface area is 187 Å². The molecule has 1 amide bonds. The Morgan fingerprint density at radius 1 is 1.23 bits per heavy atom. The van der Waals surface area contributed by atoms with E-state index < -0.39 is 17.6 Å². The van der Waals surface area contributed by atoms with Gasteiger partial charge in [0.1, 0.15) is 17.5 Å². The summed E-state index contributed by atoms with van der Waals surface area (Å²) in [5.74, 6) is 0.467. The monoisotopic (exact) mass is 452 g/mol. The van der Waals surface area contributed by atoms with Crippen LogP contribution in [-0.2, 0) is 19.2 Å². The minimum Gasteiger partial charge on any atom is -0.496 e. The number of halogens is 1. The van der Waals surface area contributed by atoms with Crippen LogP contribution in [0.25, 0.3) is 0 Å². The van der Waals surface area contributed by atoms with Crippen LogP contribution in [0.15, 0.2) is 17.3 Å². The van der Waals surface area contributed by atoms with Gasteiger partial charge in [0, 0.05) is 30.9 Å². The van der Waals surface area contributed by atoms with Crippen LogP contribution in [0.1, 0.15) is 45.6 Å². The Hall–Kier alpha value is -2.48. The fourth-order valence-electron chi connectivity index (χ4n) is 4.06. The predicted molar refractivity (Wildman–Crippen MR) is 116 cm³/mol. The number of esters is 1. The zero-order valence-electron chi connectivity index (χ0n) is 18.8. The summed E-state index contributed by atoms with van der Waals surface area (Å²) in [6.45, 7) is 6.20. The first-order chi connectivity index (χ1) is 14.5. The lowest BCUT2D eigenvalue weighted by molar-refractivity contribution is -0.151. The molecular formula is C22H29ClN2O6. The Morgan fingerprint density at radius 3 is 2.48 bits per heavy atom. The second kappa shape index (κ2) is 8.57. The van der Waals surface area contributed by atoms with Crippen LogP contribution < -0.4 is 9.47 Å². The fraction of sp³-hybridized carbons (Fsp3) is 0.591. The molecule has 170 valence electrons. The number of hydrogen-bond acceptors (Lipinski definition) is 7. The van der Waals surface area contributed by atoms with E-state index in [1.54, 1.807) is 24.1 Å². The summed E-state index contributed by atoms with van der Waals surface area (Å²) in [5.41, 5.74) is 0.298. The van der Waals surface area contributed by atoms with Crippen molar-refractivity contribution in [3.8, 4) is 11.5 Å². The average Bonchev–Trinajstić information content (AvgIpc) is 3.30. The average molecular weight is 453 g/mol. The summed E-state index contributed by atoms with van der Waals surface area (Å²) in [6.07, 6.45) is 1.01. The van der Waals surface area contributed by atoms with E-state index in [1.165, 1.54) is 14.2 Å². The third kappa shape index (κ3) is 4.74. The summed E-state index contributed by atoms with van der Waals surface area (Å²) in [5, 5.41) is 4.70. The minimum atomic E-state index is -0.806. The van der Waals surface area contributed by atoms with Gasteiger partial charge in [0.15, 0.2) is 5.60 Å². The van der Waals surface area contributed by atoms with Crippen molar-refractivity contribution in [2.75, 3.05) is 27.9 Å². The highest BCUT2D eigenvalue weighted by atomic mass is 35.5. The maximum absolute atomic E-state index is 13.0. The second-order valence-corrected chi connectivity index (χ2v) is 9.59. The van der Waals surface area contributed by atoms with E-state index in [9.17, 15) is 9.59 Å². The molecule has 1 spiro atoms. The summed E-state index contributed by atoms with van der Waals surface area (Å²) in [4.78, 5) is 32.8. The van der Waals surface area contributed by atoms with Crippen molar-refractivity contribution in [2.24, 2.45) is 10.6 Å². The van der Waals surface area contributed by atoms with Gasteiger partial charge in [-0.15, -0.1) is 0 Å². The smallest absolute Gasteiger partial charge is 0.328 e. The number of carbonyl (C=O) groups is 2. The third-order valence-corrected chi connectivity index (χ3v) is 5.79. The first-order valence-electron chi connectivity index (χ1n) is 10.1. The van der Waals surface area contributed by atoms with E-state index in [0.29, 0.717) is 47.1 Å². The number of nitrogens with zero attached hydrogens (tertiary/aromatic N) is 2. The van der Waals surface area contributed by atoms with Gasteiger partial charge in [-0.1, -0.05) is 37.5 Å². The van der Waals surface area contributed by atoms with E-state index in [1.807, 2.05) is 20.8 Å². The molecule has 2 atom stereocenters. The standard InChI is InChI=1S/C22H29ClN2O6/c1-21(2,3)11-19(26)25-12-22(10-16(25)20(27)30-6)9-15(24-31-22)13-7-14(23)18(29-5)8-17(13)28-4/h7-8,16H,9-12H2,1-6H3/t16-,22+/m0/s1. The Morgan fingerprint density at radius 2 is 1.90 bits per heavy atom.